The first-order valence-electron chi connectivity index (χ1n) is 8.64. The molecule has 0 saturated carbocycles. The predicted octanol–water partition coefficient (Wildman–Crippen LogP) is 2.05. The Hall–Kier alpha value is -2.67. The minimum atomic E-state index is -0.825. The third-order valence-electron chi connectivity index (χ3n) is 4.86. The molecule has 1 saturated heterocycles. The Bertz CT molecular complexity index is 751. The van der Waals surface area contributed by atoms with Crippen LogP contribution in [-0.2, 0) is 4.79 Å². The summed E-state index contributed by atoms with van der Waals surface area (Å²) in [6.07, 6.45) is 5.06. The number of nitrogens with zero attached hydrogens (tertiary/aromatic N) is 4. The molecule has 1 aromatic carbocycles. The summed E-state index contributed by atoms with van der Waals surface area (Å²) in [6, 6.07) is 3.13. The molecule has 1 atom stereocenters. The van der Waals surface area contributed by atoms with E-state index in [1.807, 2.05) is 30.9 Å². The van der Waals surface area contributed by atoms with E-state index in [0.29, 0.717) is 13.1 Å². The van der Waals surface area contributed by atoms with Gasteiger partial charge in [-0.05, 0) is 42.7 Å². The minimum absolute atomic E-state index is 0.651. The molecule has 0 radical (unpaired) electrons. The van der Waals surface area contributed by atoms with E-state index in [2.05, 4.69) is 14.9 Å². The Balaban J connectivity index is 1.81. The lowest BCUT2D eigenvalue weighted by molar-refractivity contribution is -0.143. The molecular weight excluding hydrogens is 332 g/mol. The highest BCUT2D eigenvalue weighted by atomic mass is 16.5. The molecule has 26 heavy (non-hydrogen) atoms. The molecule has 7 heteroatoms. The van der Waals surface area contributed by atoms with Crippen LogP contribution in [0, 0.1) is 13.8 Å². The van der Waals surface area contributed by atoms with Gasteiger partial charge in [0, 0.05) is 38.6 Å². The van der Waals surface area contributed by atoms with E-state index in [-0.39, 0.29) is 0 Å². The quantitative estimate of drug-likeness (QED) is 0.878. The van der Waals surface area contributed by atoms with E-state index in [1.54, 1.807) is 25.7 Å². The first-order valence-corrected chi connectivity index (χ1v) is 8.64. The van der Waals surface area contributed by atoms with Crippen molar-refractivity contribution >= 4 is 11.8 Å². The van der Waals surface area contributed by atoms with Crippen LogP contribution < -0.4 is 9.64 Å². The van der Waals surface area contributed by atoms with Gasteiger partial charge in [0.1, 0.15) is 17.6 Å². The Morgan fingerprint density at radius 1 is 1.15 bits per heavy atom. The average Bonchev–Trinajstić information content (AvgIpc) is 2.65. The first kappa shape index (κ1) is 18.1. The molecule has 0 spiro atoms. The molecule has 0 aliphatic carbocycles. The predicted molar refractivity (Wildman–Crippen MR) is 98.7 cm³/mol. The van der Waals surface area contributed by atoms with Crippen molar-refractivity contribution in [2.24, 2.45) is 0 Å². The van der Waals surface area contributed by atoms with Gasteiger partial charge >= 0.3 is 5.97 Å². The summed E-state index contributed by atoms with van der Waals surface area (Å²) in [7, 11) is 1.62. The zero-order valence-electron chi connectivity index (χ0n) is 15.3. The summed E-state index contributed by atoms with van der Waals surface area (Å²) in [5.74, 6) is 0.755. The van der Waals surface area contributed by atoms with Crippen molar-refractivity contribution < 1.29 is 14.6 Å². The van der Waals surface area contributed by atoms with Gasteiger partial charge in [0.15, 0.2) is 0 Å². The molecule has 2 heterocycles. The van der Waals surface area contributed by atoms with Crippen LogP contribution >= 0.6 is 0 Å². The second kappa shape index (κ2) is 7.70. The summed E-state index contributed by atoms with van der Waals surface area (Å²) in [4.78, 5) is 24.7. The molecule has 7 nitrogen and oxygen atoms in total. The molecule has 1 N–H and O–H groups in total. The van der Waals surface area contributed by atoms with Gasteiger partial charge < -0.3 is 14.7 Å². The van der Waals surface area contributed by atoms with Gasteiger partial charge in [0.2, 0.25) is 0 Å². The number of ether oxygens (including phenoxy) is 1. The standard InChI is InChI=1S/C19H24N4O3/c1-13-10-15(26-3)11-14(2)17(13)18(19(24)25)23-8-6-22(7-9-23)16-12-20-4-5-21-16/h4-5,10-12,18H,6-9H2,1-3H3,(H,24,25). The zero-order valence-corrected chi connectivity index (χ0v) is 15.3. The molecule has 1 aromatic heterocycles. The van der Waals surface area contributed by atoms with Gasteiger partial charge in [-0.25, -0.2) is 4.98 Å². The van der Waals surface area contributed by atoms with Gasteiger partial charge in [0.25, 0.3) is 0 Å². The van der Waals surface area contributed by atoms with Gasteiger partial charge in [0.05, 0.1) is 13.3 Å². The number of carbonyl (C=O) groups is 1. The van der Waals surface area contributed by atoms with Gasteiger partial charge in [-0.1, -0.05) is 0 Å². The molecule has 1 unspecified atom stereocenters. The summed E-state index contributed by atoms with van der Waals surface area (Å²) in [6.45, 7) is 6.62. The molecule has 1 aliphatic heterocycles. The number of benzene rings is 1. The molecule has 0 amide bonds. The number of aryl methyl sites for hydroxylation is 2. The molecule has 1 aliphatic rings. The van der Waals surface area contributed by atoms with E-state index >= 15 is 0 Å². The number of hydrogen-bond acceptors (Lipinski definition) is 6. The number of carboxylic acid groups (broad SMARTS) is 1. The van der Waals surface area contributed by atoms with Crippen LogP contribution in [0.1, 0.15) is 22.7 Å². The van der Waals surface area contributed by atoms with Crippen molar-refractivity contribution in [1.29, 1.82) is 0 Å². The Labute approximate surface area is 153 Å². The maximum atomic E-state index is 12.1. The molecule has 138 valence electrons. The number of aliphatic carboxylic acids is 1. The van der Waals surface area contributed by atoms with Crippen molar-refractivity contribution in [3.63, 3.8) is 0 Å². The molecule has 3 rings (SSSR count). The van der Waals surface area contributed by atoms with Crippen molar-refractivity contribution in [3.05, 3.63) is 47.4 Å². The van der Waals surface area contributed by atoms with Crippen molar-refractivity contribution in [3.8, 4) is 5.75 Å². The lowest BCUT2D eigenvalue weighted by Crippen LogP contribution is -2.49. The molecule has 2 aromatic rings. The van der Waals surface area contributed by atoms with E-state index in [0.717, 1.165) is 41.3 Å². The van der Waals surface area contributed by atoms with E-state index < -0.39 is 12.0 Å². The normalized spacial score (nSPS) is 16.3. The van der Waals surface area contributed by atoms with Crippen LogP contribution in [0.15, 0.2) is 30.7 Å². The number of aromatic nitrogens is 2. The maximum Gasteiger partial charge on any atom is 0.325 e. The minimum Gasteiger partial charge on any atom is -0.497 e. The van der Waals surface area contributed by atoms with E-state index in [1.165, 1.54) is 0 Å². The zero-order chi connectivity index (χ0) is 18.7. The van der Waals surface area contributed by atoms with Crippen LogP contribution in [0.4, 0.5) is 5.82 Å². The fraction of sp³-hybridized carbons (Fsp3) is 0.421. The second-order valence-electron chi connectivity index (χ2n) is 6.50. The van der Waals surface area contributed by atoms with E-state index in [9.17, 15) is 9.90 Å². The molecule has 1 fully saturated rings. The van der Waals surface area contributed by atoms with Gasteiger partial charge in [-0.15, -0.1) is 0 Å². The number of methoxy groups -OCH3 is 1. The van der Waals surface area contributed by atoms with Gasteiger partial charge in [-0.3, -0.25) is 14.7 Å². The monoisotopic (exact) mass is 356 g/mol. The summed E-state index contributed by atoms with van der Waals surface area (Å²) in [5, 5.41) is 9.93. The first-order chi connectivity index (χ1) is 12.5. The highest BCUT2D eigenvalue weighted by Gasteiger charge is 2.32. The van der Waals surface area contributed by atoms with Crippen LogP contribution in [0.5, 0.6) is 5.75 Å². The van der Waals surface area contributed by atoms with Crippen LogP contribution in [0.2, 0.25) is 0 Å². The molecule has 0 bridgehead atoms. The average molecular weight is 356 g/mol. The molecular formula is C19H24N4O3. The maximum absolute atomic E-state index is 12.1. The lowest BCUT2D eigenvalue weighted by Gasteiger charge is -2.39. The fourth-order valence-corrected chi connectivity index (χ4v) is 3.61. The topological polar surface area (TPSA) is 78.8 Å². The number of anilines is 1. The van der Waals surface area contributed by atoms with Crippen LogP contribution in [-0.4, -0.2) is 59.2 Å². The lowest BCUT2D eigenvalue weighted by atomic mass is 9.94. The van der Waals surface area contributed by atoms with E-state index in [4.69, 9.17) is 4.74 Å². The smallest absolute Gasteiger partial charge is 0.325 e. The Morgan fingerprint density at radius 3 is 2.31 bits per heavy atom. The third kappa shape index (κ3) is 3.62. The highest BCUT2D eigenvalue weighted by Crippen LogP contribution is 2.31. The van der Waals surface area contributed by atoms with Crippen LogP contribution in [0.3, 0.4) is 0 Å². The van der Waals surface area contributed by atoms with Crippen molar-refractivity contribution in [2.75, 3.05) is 38.2 Å². The third-order valence-corrected chi connectivity index (χ3v) is 4.86. The van der Waals surface area contributed by atoms with Crippen LogP contribution in [0.25, 0.3) is 0 Å². The number of carboxylic acids is 1. The Kier molecular flexibility index (Phi) is 5.37. The Morgan fingerprint density at radius 2 is 1.81 bits per heavy atom. The van der Waals surface area contributed by atoms with Crippen molar-refractivity contribution in [2.45, 2.75) is 19.9 Å². The largest absolute Gasteiger partial charge is 0.497 e. The second-order valence-corrected chi connectivity index (χ2v) is 6.50. The van der Waals surface area contributed by atoms with Gasteiger partial charge in [-0.2, -0.15) is 0 Å². The number of hydrogen-bond donors (Lipinski definition) is 1. The number of rotatable bonds is 5. The summed E-state index contributed by atoms with van der Waals surface area (Å²) < 4.78 is 5.30. The summed E-state index contributed by atoms with van der Waals surface area (Å²) >= 11 is 0. The number of piperazine rings is 1. The summed E-state index contributed by atoms with van der Waals surface area (Å²) in [5.41, 5.74) is 2.72. The SMILES string of the molecule is COc1cc(C)c(C(C(=O)O)N2CCN(c3cnccn3)CC2)c(C)c1. The fourth-order valence-electron chi connectivity index (χ4n) is 3.61. The highest BCUT2D eigenvalue weighted by molar-refractivity contribution is 5.77. The van der Waals surface area contributed by atoms with Crippen molar-refractivity contribution in [1.82, 2.24) is 14.9 Å².